The van der Waals surface area contributed by atoms with E-state index >= 15 is 0 Å². The van der Waals surface area contributed by atoms with E-state index in [0.29, 0.717) is 12.1 Å². The van der Waals surface area contributed by atoms with Crippen molar-refractivity contribution in [2.75, 3.05) is 13.2 Å². The number of ether oxygens (including phenoxy) is 1. The van der Waals surface area contributed by atoms with Gasteiger partial charge in [-0.1, -0.05) is 19.3 Å². The van der Waals surface area contributed by atoms with Crippen molar-refractivity contribution in [2.45, 2.75) is 63.6 Å². The maximum Gasteiger partial charge on any atom is 0.237 e. The Labute approximate surface area is 103 Å². The number of hydrogen-bond donors (Lipinski definition) is 2. The van der Waals surface area contributed by atoms with Crippen LogP contribution in [0.25, 0.3) is 0 Å². The molecule has 17 heavy (non-hydrogen) atoms. The molecule has 4 nitrogen and oxygen atoms in total. The van der Waals surface area contributed by atoms with Crippen molar-refractivity contribution in [3.63, 3.8) is 0 Å². The average Bonchev–Trinajstić information content (AvgIpc) is 2.83. The lowest BCUT2D eigenvalue weighted by Gasteiger charge is -2.25. The van der Waals surface area contributed by atoms with Crippen LogP contribution in [-0.2, 0) is 9.53 Å². The topological polar surface area (TPSA) is 50.4 Å². The number of amides is 1. The maximum absolute atomic E-state index is 12.0. The molecule has 2 N–H and O–H groups in total. The summed E-state index contributed by atoms with van der Waals surface area (Å²) >= 11 is 0. The zero-order valence-electron chi connectivity index (χ0n) is 10.7. The summed E-state index contributed by atoms with van der Waals surface area (Å²) in [5.41, 5.74) is 0. The van der Waals surface area contributed by atoms with Gasteiger partial charge in [-0.15, -0.1) is 0 Å². The molecule has 1 aliphatic heterocycles. The lowest BCUT2D eigenvalue weighted by Crippen LogP contribution is -2.49. The maximum atomic E-state index is 12.0. The van der Waals surface area contributed by atoms with E-state index in [1.807, 2.05) is 6.92 Å². The van der Waals surface area contributed by atoms with E-state index in [2.05, 4.69) is 10.6 Å². The lowest BCUT2D eigenvalue weighted by atomic mass is 9.95. The standard InChI is InChI=1S/C13H24N2O2/c1-10(14-12-7-8-17-9-12)13(16)15-11-5-3-2-4-6-11/h10-12,14H,2-9H2,1H3,(H,15,16). The number of rotatable bonds is 4. The lowest BCUT2D eigenvalue weighted by molar-refractivity contribution is -0.123. The van der Waals surface area contributed by atoms with Gasteiger partial charge in [0, 0.05) is 18.7 Å². The Morgan fingerprint density at radius 2 is 1.94 bits per heavy atom. The van der Waals surface area contributed by atoms with Gasteiger partial charge in [-0.25, -0.2) is 0 Å². The summed E-state index contributed by atoms with van der Waals surface area (Å²) in [6.07, 6.45) is 7.13. The number of carbonyl (C=O) groups excluding carboxylic acids is 1. The van der Waals surface area contributed by atoms with Crippen LogP contribution in [0.4, 0.5) is 0 Å². The molecule has 0 aromatic rings. The Morgan fingerprint density at radius 3 is 2.59 bits per heavy atom. The van der Waals surface area contributed by atoms with Crippen molar-refractivity contribution in [1.29, 1.82) is 0 Å². The molecule has 2 atom stereocenters. The quantitative estimate of drug-likeness (QED) is 0.776. The summed E-state index contributed by atoms with van der Waals surface area (Å²) < 4.78 is 5.29. The number of hydrogen-bond acceptors (Lipinski definition) is 3. The first kappa shape index (κ1) is 12.8. The van der Waals surface area contributed by atoms with Crippen molar-refractivity contribution in [1.82, 2.24) is 10.6 Å². The second-order valence-electron chi connectivity index (χ2n) is 5.29. The van der Waals surface area contributed by atoms with Gasteiger partial charge in [0.25, 0.3) is 0 Å². The molecular weight excluding hydrogens is 216 g/mol. The third-order valence-electron chi connectivity index (χ3n) is 3.76. The average molecular weight is 240 g/mol. The van der Waals surface area contributed by atoms with Gasteiger partial charge in [-0.05, 0) is 26.2 Å². The third-order valence-corrected chi connectivity index (χ3v) is 3.76. The molecule has 4 heteroatoms. The monoisotopic (exact) mass is 240 g/mol. The van der Waals surface area contributed by atoms with Gasteiger partial charge in [0.05, 0.1) is 12.6 Å². The van der Waals surface area contributed by atoms with Gasteiger partial charge in [-0.3, -0.25) is 4.79 Å². The van der Waals surface area contributed by atoms with Gasteiger partial charge in [0.2, 0.25) is 5.91 Å². The molecule has 0 radical (unpaired) electrons. The summed E-state index contributed by atoms with van der Waals surface area (Å²) in [7, 11) is 0. The van der Waals surface area contributed by atoms with Gasteiger partial charge >= 0.3 is 0 Å². The molecule has 1 saturated heterocycles. The summed E-state index contributed by atoms with van der Waals surface area (Å²) in [5, 5.41) is 6.48. The van der Waals surface area contributed by atoms with Gasteiger partial charge < -0.3 is 15.4 Å². The van der Waals surface area contributed by atoms with E-state index in [9.17, 15) is 4.79 Å². The van der Waals surface area contributed by atoms with E-state index in [0.717, 1.165) is 32.5 Å². The largest absolute Gasteiger partial charge is 0.380 e. The van der Waals surface area contributed by atoms with Crippen LogP contribution in [0.15, 0.2) is 0 Å². The van der Waals surface area contributed by atoms with E-state index in [-0.39, 0.29) is 11.9 Å². The molecule has 2 unspecified atom stereocenters. The predicted octanol–water partition coefficient (Wildman–Crippen LogP) is 1.20. The highest BCUT2D eigenvalue weighted by Gasteiger charge is 2.23. The molecule has 2 rings (SSSR count). The van der Waals surface area contributed by atoms with Crippen molar-refractivity contribution >= 4 is 5.91 Å². The number of carbonyl (C=O) groups is 1. The fourth-order valence-corrected chi connectivity index (χ4v) is 2.67. The number of nitrogens with one attached hydrogen (secondary N) is 2. The second kappa shape index (κ2) is 6.36. The molecule has 1 amide bonds. The predicted molar refractivity (Wildman–Crippen MR) is 66.8 cm³/mol. The van der Waals surface area contributed by atoms with Gasteiger partial charge in [0.1, 0.15) is 0 Å². The van der Waals surface area contributed by atoms with Crippen molar-refractivity contribution in [3.05, 3.63) is 0 Å². The van der Waals surface area contributed by atoms with Crippen LogP contribution >= 0.6 is 0 Å². The van der Waals surface area contributed by atoms with Crippen molar-refractivity contribution in [2.24, 2.45) is 0 Å². The van der Waals surface area contributed by atoms with E-state index in [1.165, 1.54) is 19.3 Å². The Kier molecular flexibility index (Phi) is 4.80. The van der Waals surface area contributed by atoms with Crippen molar-refractivity contribution < 1.29 is 9.53 Å². The summed E-state index contributed by atoms with van der Waals surface area (Å²) in [6, 6.07) is 0.645. The van der Waals surface area contributed by atoms with Gasteiger partial charge in [-0.2, -0.15) is 0 Å². The molecule has 1 aliphatic carbocycles. The van der Waals surface area contributed by atoms with E-state index in [4.69, 9.17) is 4.74 Å². The molecular formula is C13H24N2O2. The molecule has 1 saturated carbocycles. The molecule has 2 aliphatic rings. The molecule has 0 spiro atoms. The Balaban J connectivity index is 1.70. The summed E-state index contributed by atoms with van der Waals surface area (Å²) in [6.45, 7) is 3.49. The molecule has 1 heterocycles. The zero-order chi connectivity index (χ0) is 12.1. The highest BCUT2D eigenvalue weighted by atomic mass is 16.5. The first-order chi connectivity index (χ1) is 8.25. The Morgan fingerprint density at radius 1 is 1.18 bits per heavy atom. The second-order valence-corrected chi connectivity index (χ2v) is 5.29. The Bertz CT molecular complexity index is 246. The van der Waals surface area contributed by atoms with Crippen LogP contribution in [0.3, 0.4) is 0 Å². The third kappa shape index (κ3) is 3.96. The first-order valence-electron chi connectivity index (χ1n) is 6.90. The van der Waals surface area contributed by atoms with Crippen LogP contribution in [0.5, 0.6) is 0 Å². The normalized spacial score (nSPS) is 27.9. The highest BCUT2D eigenvalue weighted by molar-refractivity contribution is 5.81. The summed E-state index contributed by atoms with van der Waals surface area (Å²) in [4.78, 5) is 12.0. The molecule has 0 aromatic heterocycles. The van der Waals surface area contributed by atoms with Crippen molar-refractivity contribution in [3.8, 4) is 0 Å². The van der Waals surface area contributed by atoms with Crippen LogP contribution in [0, 0.1) is 0 Å². The zero-order valence-corrected chi connectivity index (χ0v) is 10.7. The highest BCUT2D eigenvalue weighted by Crippen LogP contribution is 2.17. The minimum atomic E-state index is -0.108. The molecule has 0 bridgehead atoms. The molecule has 2 fully saturated rings. The van der Waals surface area contributed by atoms with E-state index in [1.54, 1.807) is 0 Å². The minimum absolute atomic E-state index is 0.108. The molecule has 0 aromatic carbocycles. The Hall–Kier alpha value is -0.610. The summed E-state index contributed by atoms with van der Waals surface area (Å²) in [5.74, 6) is 0.142. The minimum Gasteiger partial charge on any atom is -0.380 e. The van der Waals surface area contributed by atoms with Gasteiger partial charge in [0.15, 0.2) is 0 Å². The fourth-order valence-electron chi connectivity index (χ4n) is 2.67. The first-order valence-corrected chi connectivity index (χ1v) is 6.90. The van der Waals surface area contributed by atoms with Crippen LogP contribution in [-0.4, -0.2) is 37.2 Å². The smallest absolute Gasteiger partial charge is 0.237 e. The SMILES string of the molecule is CC(NC1CCOC1)C(=O)NC1CCCCC1. The van der Waals surface area contributed by atoms with E-state index < -0.39 is 0 Å². The van der Waals surface area contributed by atoms with Crippen LogP contribution in [0.1, 0.15) is 45.4 Å². The fraction of sp³-hybridized carbons (Fsp3) is 0.923. The molecule has 98 valence electrons. The van der Waals surface area contributed by atoms with Crippen LogP contribution < -0.4 is 10.6 Å². The van der Waals surface area contributed by atoms with Crippen LogP contribution in [0.2, 0.25) is 0 Å².